The number of rotatable bonds is 4. The number of fused-ring (bicyclic) bond motifs is 3. The third-order valence-electron chi connectivity index (χ3n) is 5.59. The molecule has 1 amide bonds. The lowest BCUT2D eigenvalue weighted by Gasteiger charge is -2.21. The number of hydrogen-bond donors (Lipinski definition) is 0. The molecule has 3 aromatic rings. The molecule has 0 unspecified atom stereocenters. The summed E-state index contributed by atoms with van der Waals surface area (Å²) in [5, 5.41) is 0.586. The molecule has 0 saturated carbocycles. The first-order valence-corrected chi connectivity index (χ1v) is 10.6. The van der Waals surface area contributed by atoms with E-state index < -0.39 is 0 Å². The van der Waals surface area contributed by atoms with Crippen molar-refractivity contribution < 1.29 is 14.3 Å². The van der Waals surface area contributed by atoms with Crippen LogP contribution in [-0.4, -0.2) is 33.7 Å². The fraction of sp³-hybridized carbons (Fsp3) is 0.381. The van der Waals surface area contributed by atoms with E-state index in [0.717, 1.165) is 35.5 Å². The Morgan fingerprint density at radius 2 is 2.14 bits per heavy atom. The Labute approximate surface area is 171 Å². The zero-order valence-corrected chi connectivity index (χ0v) is 17.2. The number of carbonyl (C=O) groups is 1. The normalized spacial score (nSPS) is 14.4. The van der Waals surface area contributed by atoms with Crippen LogP contribution in [0.25, 0.3) is 10.2 Å². The molecule has 1 aromatic carbocycles. The lowest BCUT2D eigenvalue weighted by atomic mass is 10.1. The van der Waals surface area contributed by atoms with Crippen LogP contribution in [0.3, 0.4) is 0 Å². The van der Waals surface area contributed by atoms with Gasteiger partial charge in [0.15, 0.2) is 11.5 Å². The number of hydrogen-bond acceptors (Lipinski definition) is 6. The van der Waals surface area contributed by atoms with Crippen molar-refractivity contribution in [1.29, 1.82) is 0 Å². The highest BCUT2D eigenvalue weighted by Crippen LogP contribution is 2.34. The van der Waals surface area contributed by atoms with Crippen LogP contribution in [0.1, 0.15) is 40.0 Å². The van der Waals surface area contributed by atoms with Crippen LogP contribution in [0, 0.1) is 6.92 Å². The molecule has 2 aliphatic heterocycles. The van der Waals surface area contributed by atoms with Gasteiger partial charge in [0, 0.05) is 26.1 Å². The summed E-state index contributed by atoms with van der Waals surface area (Å²) in [4.78, 5) is 33.9. The molecule has 150 valence electrons. The van der Waals surface area contributed by atoms with Gasteiger partial charge in [0.1, 0.15) is 10.7 Å². The van der Waals surface area contributed by atoms with Gasteiger partial charge in [0.25, 0.3) is 11.5 Å². The second-order valence-corrected chi connectivity index (χ2v) is 8.33. The van der Waals surface area contributed by atoms with E-state index in [9.17, 15) is 9.59 Å². The summed E-state index contributed by atoms with van der Waals surface area (Å²) in [5.41, 5.74) is 1.69. The minimum absolute atomic E-state index is 0.0193. The van der Waals surface area contributed by atoms with Crippen molar-refractivity contribution in [1.82, 2.24) is 14.5 Å². The van der Waals surface area contributed by atoms with E-state index in [2.05, 4.69) is 4.98 Å². The summed E-state index contributed by atoms with van der Waals surface area (Å²) in [6, 6.07) is 5.72. The van der Waals surface area contributed by atoms with Crippen molar-refractivity contribution in [2.24, 2.45) is 0 Å². The van der Waals surface area contributed by atoms with Crippen LogP contribution in [0.15, 0.2) is 23.0 Å². The highest BCUT2D eigenvalue weighted by atomic mass is 32.1. The van der Waals surface area contributed by atoms with E-state index >= 15 is 0 Å². The molecular formula is C21H21N3O4S. The lowest BCUT2D eigenvalue weighted by Crippen LogP contribution is -2.30. The predicted octanol–water partition coefficient (Wildman–Crippen LogP) is 3.10. The summed E-state index contributed by atoms with van der Waals surface area (Å²) in [5.74, 6) is 2.18. The van der Waals surface area contributed by atoms with Gasteiger partial charge in [0.05, 0.1) is 10.3 Å². The molecule has 5 rings (SSSR count). The first kappa shape index (κ1) is 18.2. The van der Waals surface area contributed by atoms with E-state index in [1.165, 1.54) is 11.3 Å². The summed E-state index contributed by atoms with van der Waals surface area (Å²) < 4.78 is 12.5. The van der Waals surface area contributed by atoms with Crippen LogP contribution in [0.5, 0.6) is 11.5 Å². The lowest BCUT2D eigenvalue weighted by molar-refractivity contribution is 0.0756. The van der Waals surface area contributed by atoms with Crippen molar-refractivity contribution in [2.75, 3.05) is 13.3 Å². The monoisotopic (exact) mass is 411 g/mol. The summed E-state index contributed by atoms with van der Waals surface area (Å²) in [7, 11) is 0. The molecule has 4 heterocycles. The number of carbonyl (C=O) groups excluding carboxylic acids is 1. The number of benzene rings is 1. The molecule has 2 aliphatic rings. The standard InChI is InChI=1S/C21H21N3O4S/c1-3-23(10-13-6-7-14-15(9-13)28-11-27-14)21(26)18-12(2)17-19(29-18)22-16-5-4-8-24(16)20(17)25/h6-7,9H,3-5,8,10-11H2,1-2H3. The quantitative estimate of drug-likeness (QED) is 0.660. The van der Waals surface area contributed by atoms with Crippen molar-refractivity contribution in [3.63, 3.8) is 0 Å². The molecule has 29 heavy (non-hydrogen) atoms. The zero-order valence-electron chi connectivity index (χ0n) is 16.4. The van der Waals surface area contributed by atoms with E-state index in [1.54, 1.807) is 9.47 Å². The van der Waals surface area contributed by atoms with Gasteiger partial charge in [-0.1, -0.05) is 6.07 Å². The first-order valence-electron chi connectivity index (χ1n) is 9.77. The van der Waals surface area contributed by atoms with Gasteiger partial charge in [-0.05, 0) is 43.5 Å². The predicted molar refractivity (Wildman–Crippen MR) is 110 cm³/mol. The number of aromatic nitrogens is 2. The fourth-order valence-electron chi connectivity index (χ4n) is 4.01. The molecule has 0 spiro atoms. The van der Waals surface area contributed by atoms with Crippen molar-refractivity contribution in [3.05, 3.63) is 50.4 Å². The smallest absolute Gasteiger partial charge is 0.264 e. The molecule has 0 atom stereocenters. The second-order valence-electron chi connectivity index (χ2n) is 7.33. The molecule has 7 nitrogen and oxygen atoms in total. The first-order chi connectivity index (χ1) is 14.1. The average molecular weight is 411 g/mol. The molecule has 0 N–H and O–H groups in total. The van der Waals surface area contributed by atoms with Gasteiger partial charge in [-0.15, -0.1) is 11.3 Å². The number of amides is 1. The Balaban J connectivity index is 1.48. The number of aryl methyl sites for hydroxylation is 2. The molecule has 0 radical (unpaired) electrons. The van der Waals surface area contributed by atoms with Gasteiger partial charge in [-0.3, -0.25) is 14.2 Å². The van der Waals surface area contributed by atoms with E-state index in [0.29, 0.717) is 40.5 Å². The maximum atomic E-state index is 13.3. The third kappa shape index (κ3) is 2.90. The number of ether oxygens (including phenoxy) is 2. The van der Waals surface area contributed by atoms with E-state index in [4.69, 9.17) is 9.47 Å². The van der Waals surface area contributed by atoms with Gasteiger partial charge in [0.2, 0.25) is 6.79 Å². The third-order valence-corrected chi connectivity index (χ3v) is 6.76. The molecule has 8 heteroatoms. The maximum absolute atomic E-state index is 13.3. The Kier molecular flexibility index (Phi) is 4.31. The summed E-state index contributed by atoms with van der Waals surface area (Å²) in [6.07, 6.45) is 1.76. The summed E-state index contributed by atoms with van der Waals surface area (Å²) >= 11 is 1.33. The molecule has 0 saturated heterocycles. The largest absolute Gasteiger partial charge is 0.454 e. The Morgan fingerprint density at radius 1 is 1.31 bits per heavy atom. The highest BCUT2D eigenvalue weighted by molar-refractivity contribution is 7.20. The molecule has 2 aromatic heterocycles. The van der Waals surface area contributed by atoms with Crippen LogP contribution in [-0.2, 0) is 19.5 Å². The molecule has 0 aliphatic carbocycles. The zero-order chi connectivity index (χ0) is 20.1. The Bertz CT molecular complexity index is 1200. The highest BCUT2D eigenvalue weighted by Gasteiger charge is 2.26. The number of thiophene rings is 1. The Hall–Kier alpha value is -2.87. The van der Waals surface area contributed by atoms with Crippen molar-refractivity contribution in [3.8, 4) is 11.5 Å². The van der Waals surface area contributed by atoms with Crippen LogP contribution in [0.4, 0.5) is 0 Å². The van der Waals surface area contributed by atoms with Crippen molar-refractivity contribution >= 4 is 27.5 Å². The molecule has 0 fully saturated rings. The second kappa shape index (κ2) is 6.88. The fourth-order valence-corrected chi connectivity index (χ4v) is 5.17. The van der Waals surface area contributed by atoms with Gasteiger partial charge in [-0.25, -0.2) is 4.98 Å². The van der Waals surface area contributed by atoms with Gasteiger partial charge >= 0.3 is 0 Å². The van der Waals surface area contributed by atoms with E-state index in [-0.39, 0.29) is 18.3 Å². The van der Waals surface area contributed by atoms with Crippen LogP contribution in [0.2, 0.25) is 0 Å². The molecular weight excluding hydrogens is 390 g/mol. The van der Waals surface area contributed by atoms with E-state index in [1.807, 2.05) is 32.0 Å². The van der Waals surface area contributed by atoms with Gasteiger partial charge in [-0.2, -0.15) is 0 Å². The molecule has 0 bridgehead atoms. The summed E-state index contributed by atoms with van der Waals surface area (Å²) in [6.45, 7) is 5.76. The SMILES string of the molecule is CCN(Cc1ccc2c(c1)OCO2)C(=O)c1sc2nc3n(c(=O)c2c1C)CCC3. The maximum Gasteiger partial charge on any atom is 0.264 e. The van der Waals surface area contributed by atoms with Crippen molar-refractivity contribution in [2.45, 2.75) is 39.8 Å². The minimum atomic E-state index is -0.0739. The minimum Gasteiger partial charge on any atom is -0.454 e. The van der Waals surface area contributed by atoms with Crippen LogP contribution >= 0.6 is 11.3 Å². The topological polar surface area (TPSA) is 73.7 Å². The van der Waals surface area contributed by atoms with Crippen LogP contribution < -0.4 is 15.0 Å². The van der Waals surface area contributed by atoms with Gasteiger partial charge < -0.3 is 14.4 Å². The Morgan fingerprint density at radius 3 is 2.97 bits per heavy atom. The average Bonchev–Trinajstić information content (AvgIpc) is 3.44. The number of nitrogens with zero attached hydrogens (tertiary/aromatic N) is 3.